The van der Waals surface area contributed by atoms with Crippen LogP contribution in [0.25, 0.3) is 0 Å². The Morgan fingerprint density at radius 3 is 1.54 bits per heavy atom. The van der Waals surface area contributed by atoms with Crippen LogP contribution in [0.4, 0.5) is 0 Å². The van der Waals surface area contributed by atoms with Crippen LogP contribution >= 0.6 is 0 Å². The van der Waals surface area contributed by atoms with Crippen molar-refractivity contribution < 1.29 is 28.5 Å². The molecule has 0 N–H and O–H groups in total. The van der Waals surface area contributed by atoms with Crippen molar-refractivity contribution in [1.29, 1.82) is 0 Å². The number of carbonyl (C=O) groups is 2. The van der Waals surface area contributed by atoms with Gasteiger partial charge in [0.05, 0.1) is 24.3 Å². The summed E-state index contributed by atoms with van der Waals surface area (Å²) < 4.78 is 22.2. The molecule has 0 atom stereocenters. The summed E-state index contributed by atoms with van der Waals surface area (Å²) >= 11 is 0. The van der Waals surface area contributed by atoms with E-state index in [1.165, 1.54) is 0 Å². The summed E-state index contributed by atoms with van der Waals surface area (Å²) in [6.07, 6.45) is 4.10. The molecule has 0 radical (unpaired) electrons. The van der Waals surface area contributed by atoms with E-state index in [4.69, 9.17) is 18.9 Å². The van der Waals surface area contributed by atoms with Gasteiger partial charge in [-0.1, -0.05) is 26.7 Å². The normalized spacial score (nSPS) is 10.5. The van der Waals surface area contributed by atoms with Gasteiger partial charge in [-0.15, -0.1) is 0 Å². The fourth-order valence-electron chi connectivity index (χ4n) is 3.22. The van der Waals surface area contributed by atoms with Gasteiger partial charge >= 0.3 is 11.9 Å². The topological polar surface area (TPSA) is 71.1 Å². The second kappa shape index (κ2) is 13.2. The molecule has 0 saturated heterocycles. The Kier molecular flexibility index (Phi) is 9.72. The Morgan fingerprint density at radius 1 is 0.629 bits per heavy atom. The number of ether oxygens (including phenoxy) is 4. The number of rotatable bonds is 12. The van der Waals surface area contributed by atoms with Gasteiger partial charge in [0.2, 0.25) is 0 Å². The molecule has 0 unspecified atom stereocenters. The lowest BCUT2D eigenvalue weighted by Gasteiger charge is -2.10. The van der Waals surface area contributed by atoms with E-state index in [0.717, 1.165) is 37.2 Å². The maximum absolute atomic E-state index is 12.6. The lowest BCUT2D eigenvalue weighted by atomic mass is 10.1. The molecule has 0 aliphatic carbocycles. The van der Waals surface area contributed by atoms with Gasteiger partial charge in [0.25, 0.3) is 0 Å². The van der Waals surface area contributed by atoms with Crippen molar-refractivity contribution in [3.63, 3.8) is 0 Å². The third kappa shape index (κ3) is 7.88. The first-order chi connectivity index (χ1) is 17.0. The molecule has 35 heavy (non-hydrogen) atoms. The summed E-state index contributed by atoms with van der Waals surface area (Å²) in [7, 11) is 0. The third-order valence-corrected chi connectivity index (χ3v) is 5.28. The summed E-state index contributed by atoms with van der Waals surface area (Å²) in [6, 6.07) is 18.6. The molecule has 0 amide bonds. The Hall–Kier alpha value is -3.80. The van der Waals surface area contributed by atoms with Crippen molar-refractivity contribution in [3.05, 3.63) is 83.4 Å². The molecule has 184 valence electrons. The minimum atomic E-state index is -0.508. The molecular formula is C29H32O6. The first kappa shape index (κ1) is 25.8. The number of unbranched alkanes of at least 4 members (excludes halogenated alkanes) is 2. The highest BCUT2D eigenvalue weighted by Gasteiger charge is 2.16. The van der Waals surface area contributed by atoms with Crippen LogP contribution in [0.3, 0.4) is 0 Å². The molecule has 3 aromatic carbocycles. The molecule has 3 rings (SSSR count). The summed E-state index contributed by atoms with van der Waals surface area (Å²) in [5, 5.41) is 0. The van der Waals surface area contributed by atoms with Gasteiger partial charge in [-0.25, -0.2) is 9.59 Å². The van der Waals surface area contributed by atoms with Crippen LogP contribution in [0.2, 0.25) is 0 Å². The summed E-state index contributed by atoms with van der Waals surface area (Å²) in [5.41, 5.74) is 1.33. The lowest BCUT2D eigenvalue weighted by molar-refractivity contribution is 0.0719. The maximum Gasteiger partial charge on any atom is 0.343 e. The fourth-order valence-corrected chi connectivity index (χ4v) is 3.22. The molecule has 3 aromatic rings. The standard InChI is InChI=1S/C29H32O6/c1-4-6-18-32-23-9-13-25(14-10-23)34-28(30)22-8-17-27(21(3)20-22)29(31)35-26-15-11-24(12-16-26)33-19-7-5-2/h8-17,20H,4-7,18-19H2,1-3H3. The molecule has 0 saturated carbocycles. The molecule has 0 aliphatic heterocycles. The molecule has 0 heterocycles. The molecule has 0 aliphatic rings. The van der Waals surface area contributed by atoms with Gasteiger partial charge in [0.15, 0.2) is 0 Å². The summed E-state index contributed by atoms with van der Waals surface area (Å²) in [6.45, 7) is 7.27. The van der Waals surface area contributed by atoms with Gasteiger partial charge in [0.1, 0.15) is 23.0 Å². The Balaban J connectivity index is 1.57. The zero-order valence-corrected chi connectivity index (χ0v) is 20.5. The van der Waals surface area contributed by atoms with Crippen molar-refractivity contribution in [2.45, 2.75) is 46.5 Å². The Bertz CT molecular complexity index is 1100. The smallest absolute Gasteiger partial charge is 0.343 e. The average molecular weight is 477 g/mol. The maximum atomic E-state index is 12.6. The molecular weight excluding hydrogens is 444 g/mol. The van der Waals surface area contributed by atoms with Crippen molar-refractivity contribution in [3.8, 4) is 23.0 Å². The number of carbonyl (C=O) groups excluding carboxylic acids is 2. The number of aryl methyl sites for hydroxylation is 1. The van der Waals surface area contributed by atoms with E-state index >= 15 is 0 Å². The minimum absolute atomic E-state index is 0.343. The number of esters is 2. The van der Waals surface area contributed by atoms with Gasteiger partial charge in [-0.3, -0.25) is 0 Å². The van der Waals surface area contributed by atoms with Gasteiger partial charge in [-0.05, 0) is 92.1 Å². The quantitative estimate of drug-likeness (QED) is 0.163. The third-order valence-electron chi connectivity index (χ3n) is 5.28. The summed E-state index contributed by atoms with van der Waals surface area (Å²) in [5.74, 6) is 1.29. The monoisotopic (exact) mass is 476 g/mol. The fraction of sp³-hybridized carbons (Fsp3) is 0.310. The van der Waals surface area contributed by atoms with Crippen LogP contribution in [0.15, 0.2) is 66.7 Å². The number of hydrogen-bond donors (Lipinski definition) is 0. The highest BCUT2D eigenvalue weighted by Crippen LogP contribution is 2.22. The highest BCUT2D eigenvalue weighted by atomic mass is 16.5. The molecule has 0 aromatic heterocycles. The SMILES string of the molecule is CCCCOc1ccc(OC(=O)c2ccc(C(=O)Oc3ccc(OCCCC)cc3)c(C)c2)cc1. The molecule has 0 spiro atoms. The molecule has 6 heteroatoms. The molecule has 0 bridgehead atoms. The van der Waals surface area contributed by atoms with Crippen LogP contribution in [0.1, 0.15) is 65.8 Å². The van der Waals surface area contributed by atoms with Crippen molar-refractivity contribution in [1.82, 2.24) is 0 Å². The van der Waals surface area contributed by atoms with Gasteiger partial charge in [0, 0.05) is 0 Å². The Labute approximate surface area is 206 Å². The van der Waals surface area contributed by atoms with Crippen molar-refractivity contribution in [2.24, 2.45) is 0 Å². The van der Waals surface area contributed by atoms with Gasteiger partial charge < -0.3 is 18.9 Å². The van der Waals surface area contributed by atoms with Crippen molar-refractivity contribution in [2.75, 3.05) is 13.2 Å². The van der Waals surface area contributed by atoms with E-state index in [1.807, 2.05) is 0 Å². The van der Waals surface area contributed by atoms with E-state index in [1.54, 1.807) is 73.7 Å². The average Bonchev–Trinajstić information content (AvgIpc) is 2.86. The van der Waals surface area contributed by atoms with E-state index < -0.39 is 11.9 Å². The zero-order valence-electron chi connectivity index (χ0n) is 20.5. The predicted molar refractivity (Wildman–Crippen MR) is 135 cm³/mol. The largest absolute Gasteiger partial charge is 0.494 e. The van der Waals surface area contributed by atoms with Crippen LogP contribution < -0.4 is 18.9 Å². The van der Waals surface area contributed by atoms with E-state index in [0.29, 0.717) is 41.4 Å². The van der Waals surface area contributed by atoms with Crippen LogP contribution in [-0.2, 0) is 0 Å². The highest BCUT2D eigenvalue weighted by molar-refractivity contribution is 5.96. The molecule has 6 nitrogen and oxygen atoms in total. The second-order valence-corrected chi connectivity index (χ2v) is 8.16. The van der Waals surface area contributed by atoms with E-state index in [2.05, 4.69) is 13.8 Å². The minimum Gasteiger partial charge on any atom is -0.494 e. The van der Waals surface area contributed by atoms with Gasteiger partial charge in [-0.2, -0.15) is 0 Å². The van der Waals surface area contributed by atoms with Crippen LogP contribution in [0, 0.1) is 6.92 Å². The molecule has 0 fully saturated rings. The zero-order chi connectivity index (χ0) is 25.0. The lowest BCUT2D eigenvalue weighted by Crippen LogP contribution is -2.13. The first-order valence-corrected chi connectivity index (χ1v) is 12.0. The van der Waals surface area contributed by atoms with E-state index in [9.17, 15) is 9.59 Å². The number of hydrogen-bond acceptors (Lipinski definition) is 6. The summed E-state index contributed by atoms with van der Waals surface area (Å²) in [4.78, 5) is 25.2. The Morgan fingerprint density at radius 2 is 1.09 bits per heavy atom. The van der Waals surface area contributed by atoms with E-state index in [-0.39, 0.29) is 0 Å². The first-order valence-electron chi connectivity index (χ1n) is 12.0. The van der Waals surface area contributed by atoms with Crippen LogP contribution in [-0.4, -0.2) is 25.2 Å². The second-order valence-electron chi connectivity index (χ2n) is 8.16. The number of benzene rings is 3. The predicted octanol–water partition coefficient (Wildman–Crippen LogP) is 6.79. The van der Waals surface area contributed by atoms with Crippen molar-refractivity contribution >= 4 is 11.9 Å². The van der Waals surface area contributed by atoms with Crippen LogP contribution in [0.5, 0.6) is 23.0 Å².